The van der Waals surface area contributed by atoms with Gasteiger partial charge in [-0.15, -0.1) is 0 Å². The van der Waals surface area contributed by atoms with Crippen LogP contribution in [0.2, 0.25) is 0 Å². The molecule has 1 heterocycles. The maximum absolute atomic E-state index is 12.8. The van der Waals surface area contributed by atoms with Crippen molar-refractivity contribution in [2.45, 2.75) is 70.9 Å². The first-order chi connectivity index (χ1) is 12.2. The Balaban J connectivity index is 1.99. The summed E-state index contributed by atoms with van der Waals surface area (Å²) in [6.45, 7) is 5.38. The Morgan fingerprint density at radius 3 is 2.42 bits per heavy atom. The molecule has 3 N–H and O–H groups in total. The molecule has 1 saturated carbocycles. The summed E-state index contributed by atoms with van der Waals surface area (Å²) < 4.78 is 0. The molecular weight excluding hydrogens is 338 g/mol. The van der Waals surface area contributed by atoms with Gasteiger partial charge in [0.15, 0.2) is 0 Å². The van der Waals surface area contributed by atoms with Crippen molar-refractivity contribution in [1.82, 2.24) is 15.5 Å². The summed E-state index contributed by atoms with van der Waals surface area (Å²) in [6.07, 6.45) is 4.25. The van der Waals surface area contributed by atoms with Crippen LogP contribution in [0.3, 0.4) is 0 Å². The Kier molecular flexibility index (Phi) is 6.26. The van der Waals surface area contributed by atoms with Gasteiger partial charge in [0.2, 0.25) is 5.91 Å². The largest absolute Gasteiger partial charge is 0.480 e. The molecule has 1 aliphatic carbocycles. The Labute approximate surface area is 153 Å². The zero-order valence-electron chi connectivity index (χ0n) is 15.7. The minimum atomic E-state index is -1.13. The third kappa shape index (κ3) is 4.34. The highest BCUT2D eigenvalue weighted by molar-refractivity contribution is 6.09. The monoisotopic (exact) mass is 367 g/mol. The summed E-state index contributed by atoms with van der Waals surface area (Å²) in [6, 6.07) is -1.60. The molecule has 4 amide bonds. The summed E-state index contributed by atoms with van der Waals surface area (Å²) in [7, 11) is 0. The molecule has 26 heavy (non-hydrogen) atoms. The molecule has 1 unspecified atom stereocenters. The number of rotatable bonds is 7. The average molecular weight is 367 g/mol. The first-order valence-electron chi connectivity index (χ1n) is 9.34. The van der Waals surface area contributed by atoms with Gasteiger partial charge < -0.3 is 15.7 Å². The molecule has 2 aliphatic rings. The lowest BCUT2D eigenvalue weighted by molar-refractivity contribution is -0.142. The van der Waals surface area contributed by atoms with Crippen LogP contribution in [0, 0.1) is 11.8 Å². The highest BCUT2D eigenvalue weighted by Gasteiger charge is 2.52. The van der Waals surface area contributed by atoms with Crippen LogP contribution in [0.5, 0.6) is 0 Å². The number of carboxylic acid groups (broad SMARTS) is 1. The van der Waals surface area contributed by atoms with Crippen LogP contribution in [-0.4, -0.2) is 51.9 Å². The van der Waals surface area contributed by atoms with E-state index in [1.807, 2.05) is 13.8 Å². The lowest BCUT2D eigenvalue weighted by Crippen LogP contribution is -2.50. The number of carbonyl (C=O) groups is 4. The molecule has 2 rings (SSSR count). The van der Waals surface area contributed by atoms with Crippen molar-refractivity contribution in [2.24, 2.45) is 11.8 Å². The normalized spacial score (nSPS) is 26.9. The molecule has 0 aromatic heterocycles. The molecule has 1 spiro atoms. The maximum atomic E-state index is 12.8. The van der Waals surface area contributed by atoms with Crippen molar-refractivity contribution in [3.63, 3.8) is 0 Å². The lowest BCUT2D eigenvalue weighted by Gasteiger charge is -2.34. The molecule has 1 saturated heterocycles. The van der Waals surface area contributed by atoms with E-state index in [2.05, 4.69) is 17.6 Å². The summed E-state index contributed by atoms with van der Waals surface area (Å²) in [4.78, 5) is 49.4. The van der Waals surface area contributed by atoms with Gasteiger partial charge >= 0.3 is 12.0 Å². The van der Waals surface area contributed by atoms with Gasteiger partial charge in [0, 0.05) is 0 Å². The second kappa shape index (κ2) is 8.05. The fourth-order valence-electron chi connectivity index (χ4n) is 3.81. The molecular formula is C18H29N3O5. The third-order valence-corrected chi connectivity index (χ3v) is 5.42. The van der Waals surface area contributed by atoms with Crippen LogP contribution in [0.1, 0.15) is 59.3 Å². The molecule has 146 valence electrons. The molecule has 0 aromatic carbocycles. The van der Waals surface area contributed by atoms with Crippen LogP contribution < -0.4 is 10.6 Å². The summed E-state index contributed by atoms with van der Waals surface area (Å²) in [5.74, 6) is -1.48. The molecule has 8 heteroatoms. The number of amides is 4. The van der Waals surface area contributed by atoms with E-state index >= 15 is 0 Å². The number of carboxylic acids is 1. The van der Waals surface area contributed by atoms with Gasteiger partial charge in [0.05, 0.1) is 0 Å². The van der Waals surface area contributed by atoms with Gasteiger partial charge in [0.25, 0.3) is 5.91 Å². The molecule has 0 bridgehead atoms. The number of carbonyl (C=O) groups excluding carboxylic acids is 3. The van der Waals surface area contributed by atoms with Crippen LogP contribution in [-0.2, 0) is 14.4 Å². The minimum absolute atomic E-state index is 0.0881. The van der Waals surface area contributed by atoms with E-state index < -0.39 is 36.0 Å². The predicted molar refractivity (Wildman–Crippen MR) is 94.2 cm³/mol. The van der Waals surface area contributed by atoms with Crippen molar-refractivity contribution >= 4 is 23.8 Å². The average Bonchev–Trinajstić information content (AvgIpc) is 2.79. The van der Waals surface area contributed by atoms with Crippen LogP contribution in [0.15, 0.2) is 0 Å². The van der Waals surface area contributed by atoms with Gasteiger partial charge in [-0.1, -0.05) is 27.2 Å². The van der Waals surface area contributed by atoms with Gasteiger partial charge in [-0.05, 0) is 43.9 Å². The Bertz CT molecular complexity index is 581. The summed E-state index contributed by atoms with van der Waals surface area (Å²) in [5, 5.41) is 14.4. The fraction of sp³-hybridized carbons (Fsp3) is 0.778. The number of nitrogens with one attached hydrogen (secondary N) is 2. The first kappa shape index (κ1) is 20.2. The van der Waals surface area contributed by atoms with E-state index in [1.54, 1.807) is 0 Å². The SMILES string of the molecule is CCC1CCC2(CC1)NC(=O)N(CC(=O)NC(CC(C)C)C(=O)O)C2=O. The van der Waals surface area contributed by atoms with Crippen molar-refractivity contribution in [3.8, 4) is 0 Å². The number of hydrogen-bond acceptors (Lipinski definition) is 4. The lowest BCUT2D eigenvalue weighted by atomic mass is 9.75. The van der Waals surface area contributed by atoms with Crippen molar-refractivity contribution in [3.05, 3.63) is 0 Å². The van der Waals surface area contributed by atoms with Crippen molar-refractivity contribution in [2.75, 3.05) is 6.54 Å². The highest BCUT2D eigenvalue weighted by atomic mass is 16.4. The summed E-state index contributed by atoms with van der Waals surface area (Å²) >= 11 is 0. The van der Waals surface area contributed by atoms with Gasteiger partial charge in [-0.3, -0.25) is 14.5 Å². The number of nitrogens with zero attached hydrogens (tertiary/aromatic N) is 1. The molecule has 1 atom stereocenters. The number of hydrogen-bond donors (Lipinski definition) is 3. The van der Waals surface area contributed by atoms with E-state index in [1.165, 1.54) is 0 Å². The maximum Gasteiger partial charge on any atom is 0.326 e. The predicted octanol–water partition coefficient (Wildman–Crippen LogP) is 1.49. The molecule has 0 aromatic rings. The number of aliphatic carboxylic acids is 1. The Morgan fingerprint density at radius 1 is 1.31 bits per heavy atom. The zero-order valence-corrected chi connectivity index (χ0v) is 15.7. The fourth-order valence-corrected chi connectivity index (χ4v) is 3.81. The van der Waals surface area contributed by atoms with E-state index in [-0.39, 0.29) is 18.2 Å². The topological polar surface area (TPSA) is 116 Å². The second-order valence-corrected chi connectivity index (χ2v) is 7.84. The molecule has 0 radical (unpaired) electrons. The number of urea groups is 1. The van der Waals surface area contributed by atoms with E-state index in [0.29, 0.717) is 18.8 Å². The van der Waals surface area contributed by atoms with Crippen LogP contribution in [0.25, 0.3) is 0 Å². The van der Waals surface area contributed by atoms with Crippen LogP contribution in [0.4, 0.5) is 4.79 Å². The highest BCUT2D eigenvalue weighted by Crippen LogP contribution is 2.37. The molecule has 8 nitrogen and oxygen atoms in total. The van der Waals surface area contributed by atoms with Gasteiger partial charge in [-0.25, -0.2) is 9.59 Å². The molecule has 1 aliphatic heterocycles. The van der Waals surface area contributed by atoms with E-state index in [4.69, 9.17) is 0 Å². The second-order valence-electron chi connectivity index (χ2n) is 7.84. The third-order valence-electron chi connectivity index (χ3n) is 5.42. The minimum Gasteiger partial charge on any atom is -0.480 e. The Hall–Kier alpha value is -2.12. The first-order valence-corrected chi connectivity index (χ1v) is 9.34. The summed E-state index contributed by atoms with van der Waals surface area (Å²) in [5.41, 5.74) is -0.896. The van der Waals surface area contributed by atoms with E-state index in [9.17, 15) is 24.3 Å². The number of imide groups is 1. The van der Waals surface area contributed by atoms with E-state index in [0.717, 1.165) is 24.2 Å². The van der Waals surface area contributed by atoms with Crippen molar-refractivity contribution < 1.29 is 24.3 Å². The Morgan fingerprint density at radius 2 is 1.92 bits per heavy atom. The van der Waals surface area contributed by atoms with Gasteiger partial charge in [0.1, 0.15) is 18.1 Å². The van der Waals surface area contributed by atoms with Crippen molar-refractivity contribution in [1.29, 1.82) is 0 Å². The van der Waals surface area contributed by atoms with Gasteiger partial charge in [-0.2, -0.15) is 0 Å². The zero-order chi connectivity index (χ0) is 19.5. The molecule has 2 fully saturated rings. The quantitative estimate of drug-likeness (QED) is 0.590. The standard InChI is InChI=1S/C18H29N3O5/c1-4-12-5-7-18(8-6-12)16(25)21(17(26)20-18)10-14(22)19-13(15(23)24)9-11(2)3/h11-13H,4-10H2,1-3H3,(H,19,22)(H,20,26)(H,23,24). The smallest absolute Gasteiger partial charge is 0.326 e. The van der Waals surface area contributed by atoms with Crippen LogP contribution >= 0.6 is 0 Å².